The first-order valence-electron chi connectivity index (χ1n) is 9.55. The van der Waals surface area contributed by atoms with Crippen LogP contribution in [0.4, 0.5) is 0 Å². The number of piperidine rings is 1. The number of aryl methyl sites for hydroxylation is 1. The van der Waals surface area contributed by atoms with Crippen LogP contribution in [0.3, 0.4) is 0 Å². The summed E-state index contributed by atoms with van der Waals surface area (Å²) < 4.78 is 6.15. The maximum absolute atomic E-state index is 12.3. The molecule has 1 heterocycles. The minimum atomic E-state index is 0.101. The molecular weight excluding hydrogens is 298 g/mol. The van der Waals surface area contributed by atoms with Crippen LogP contribution in [0.25, 0.3) is 0 Å². The summed E-state index contributed by atoms with van der Waals surface area (Å²) in [5.74, 6) is 0.277. The Morgan fingerprint density at radius 2 is 1.92 bits per heavy atom. The summed E-state index contributed by atoms with van der Waals surface area (Å²) in [4.78, 5) is 14.8. The van der Waals surface area contributed by atoms with Crippen LogP contribution < -0.4 is 0 Å². The van der Waals surface area contributed by atoms with Gasteiger partial charge in [0.2, 0.25) is 0 Å². The van der Waals surface area contributed by atoms with Gasteiger partial charge in [-0.1, -0.05) is 38.1 Å². The molecule has 3 nitrogen and oxygen atoms in total. The zero-order valence-corrected chi connectivity index (χ0v) is 15.6. The molecule has 1 aromatic carbocycles. The van der Waals surface area contributed by atoms with Gasteiger partial charge in [0.1, 0.15) is 0 Å². The fraction of sp³-hybridized carbons (Fsp3) is 0.667. The van der Waals surface area contributed by atoms with Crippen molar-refractivity contribution >= 4 is 5.78 Å². The van der Waals surface area contributed by atoms with Gasteiger partial charge >= 0.3 is 0 Å². The zero-order valence-electron chi connectivity index (χ0n) is 15.6. The van der Waals surface area contributed by atoms with E-state index in [9.17, 15) is 4.79 Å². The predicted octanol–water partition coefficient (Wildman–Crippen LogP) is 4.63. The second-order valence-corrected chi connectivity index (χ2v) is 7.07. The predicted molar refractivity (Wildman–Crippen MR) is 99.7 cm³/mol. The number of ether oxygens (including phenoxy) is 1. The van der Waals surface area contributed by atoms with Crippen molar-refractivity contribution in [2.45, 2.75) is 64.9 Å². The van der Waals surface area contributed by atoms with Gasteiger partial charge < -0.3 is 9.64 Å². The molecule has 2 rings (SSSR count). The van der Waals surface area contributed by atoms with Crippen LogP contribution in [-0.2, 0) is 4.74 Å². The lowest BCUT2D eigenvalue weighted by molar-refractivity contribution is -0.0860. The Labute approximate surface area is 147 Å². The fourth-order valence-electron chi connectivity index (χ4n) is 3.59. The van der Waals surface area contributed by atoms with E-state index in [0.29, 0.717) is 6.42 Å². The highest BCUT2D eigenvalue weighted by molar-refractivity contribution is 5.97. The van der Waals surface area contributed by atoms with Crippen LogP contribution in [0.1, 0.15) is 68.3 Å². The Hall–Kier alpha value is -1.19. The fourth-order valence-corrected chi connectivity index (χ4v) is 3.59. The minimum Gasteiger partial charge on any atom is -0.375 e. The third-order valence-electron chi connectivity index (χ3n) is 5.35. The number of nitrogens with zero attached hydrogens (tertiary/aromatic N) is 1. The first-order valence-corrected chi connectivity index (χ1v) is 9.55. The second kappa shape index (κ2) is 9.33. The molecule has 1 aliphatic heterocycles. The van der Waals surface area contributed by atoms with Gasteiger partial charge in [-0.2, -0.15) is 0 Å². The molecule has 134 valence electrons. The summed E-state index contributed by atoms with van der Waals surface area (Å²) in [6.07, 6.45) is 6.03. The number of rotatable bonds is 9. The first kappa shape index (κ1) is 19.1. The smallest absolute Gasteiger partial charge is 0.163 e. The molecule has 0 saturated carbocycles. The Kier molecular flexibility index (Phi) is 7.44. The lowest BCUT2D eigenvalue weighted by Crippen LogP contribution is -2.46. The van der Waals surface area contributed by atoms with Crippen molar-refractivity contribution in [3.8, 4) is 0 Å². The van der Waals surface area contributed by atoms with Crippen LogP contribution in [0.5, 0.6) is 0 Å². The molecule has 24 heavy (non-hydrogen) atoms. The van der Waals surface area contributed by atoms with E-state index in [0.717, 1.165) is 69.5 Å². The van der Waals surface area contributed by atoms with E-state index in [4.69, 9.17) is 4.74 Å². The van der Waals surface area contributed by atoms with Gasteiger partial charge in [0.05, 0.1) is 5.60 Å². The summed E-state index contributed by atoms with van der Waals surface area (Å²) in [6.45, 7) is 10.5. The highest BCUT2D eigenvalue weighted by atomic mass is 16.5. The van der Waals surface area contributed by atoms with Gasteiger partial charge in [-0.05, 0) is 51.1 Å². The molecule has 0 N–H and O–H groups in total. The van der Waals surface area contributed by atoms with E-state index >= 15 is 0 Å². The quantitative estimate of drug-likeness (QED) is 0.618. The van der Waals surface area contributed by atoms with Gasteiger partial charge in [-0.15, -0.1) is 0 Å². The number of carbonyl (C=O) groups is 1. The van der Waals surface area contributed by atoms with E-state index in [1.807, 2.05) is 31.2 Å². The maximum atomic E-state index is 12.3. The molecule has 0 atom stereocenters. The number of benzene rings is 1. The van der Waals surface area contributed by atoms with Crippen molar-refractivity contribution in [1.82, 2.24) is 4.90 Å². The Bertz CT molecular complexity index is 518. The number of ketones is 1. The number of likely N-dealkylation sites (tertiary alicyclic amines) is 1. The van der Waals surface area contributed by atoms with Gasteiger partial charge in [0.15, 0.2) is 5.78 Å². The molecule has 0 aliphatic carbocycles. The third kappa shape index (κ3) is 5.15. The molecule has 0 amide bonds. The van der Waals surface area contributed by atoms with Crippen LogP contribution in [0.15, 0.2) is 24.3 Å². The molecule has 1 aromatic rings. The number of Topliss-reactive ketones (excluding diaryl/α,β-unsaturated/α-hetero) is 1. The Morgan fingerprint density at radius 3 is 2.54 bits per heavy atom. The zero-order chi connectivity index (χ0) is 17.4. The third-order valence-corrected chi connectivity index (χ3v) is 5.35. The van der Waals surface area contributed by atoms with Crippen molar-refractivity contribution in [1.29, 1.82) is 0 Å². The van der Waals surface area contributed by atoms with Crippen LogP contribution in [0.2, 0.25) is 0 Å². The summed E-state index contributed by atoms with van der Waals surface area (Å²) in [5.41, 5.74) is 2.07. The van der Waals surface area contributed by atoms with Crippen LogP contribution in [-0.4, -0.2) is 42.5 Å². The van der Waals surface area contributed by atoms with Crippen molar-refractivity contribution in [3.63, 3.8) is 0 Å². The molecule has 3 heteroatoms. The average Bonchev–Trinajstić information content (AvgIpc) is 2.61. The summed E-state index contributed by atoms with van der Waals surface area (Å²) >= 11 is 0. The van der Waals surface area contributed by atoms with E-state index in [2.05, 4.69) is 18.7 Å². The Morgan fingerprint density at radius 1 is 1.21 bits per heavy atom. The topological polar surface area (TPSA) is 29.5 Å². The van der Waals surface area contributed by atoms with Crippen molar-refractivity contribution in [2.75, 3.05) is 26.2 Å². The molecule has 0 unspecified atom stereocenters. The van der Waals surface area contributed by atoms with E-state index in [1.165, 1.54) is 0 Å². The standard InChI is InChI=1S/C21H33NO2/c1-4-17-24-21(5-2)12-15-22(16-13-21)14-8-11-20(23)19-10-7-6-9-18(19)3/h6-7,9-10H,4-5,8,11-17H2,1-3H3. The molecular formula is C21H33NO2. The molecule has 0 aromatic heterocycles. The lowest BCUT2D eigenvalue weighted by atomic mass is 9.88. The van der Waals surface area contributed by atoms with E-state index < -0.39 is 0 Å². The lowest BCUT2D eigenvalue weighted by Gasteiger charge is -2.41. The molecule has 0 radical (unpaired) electrons. The van der Waals surface area contributed by atoms with Gasteiger partial charge in [0.25, 0.3) is 0 Å². The van der Waals surface area contributed by atoms with Gasteiger partial charge in [-0.3, -0.25) is 4.79 Å². The summed E-state index contributed by atoms with van der Waals surface area (Å²) in [7, 11) is 0. The maximum Gasteiger partial charge on any atom is 0.163 e. The SMILES string of the molecule is CCCOC1(CC)CCN(CCCC(=O)c2ccccc2C)CC1. The molecule has 1 saturated heterocycles. The largest absolute Gasteiger partial charge is 0.375 e. The van der Waals surface area contributed by atoms with Gasteiger partial charge in [0, 0.05) is 31.7 Å². The van der Waals surface area contributed by atoms with Gasteiger partial charge in [-0.25, -0.2) is 0 Å². The number of hydrogen-bond acceptors (Lipinski definition) is 3. The molecule has 1 aliphatic rings. The summed E-state index contributed by atoms with van der Waals surface area (Å²) in [5, 5.41) is 0. The normalized spacial score (nSPS) is 17.8. The first-order chi connectivity index (χ1) is 11.6. The van der Waals surface area contributed by atoms with Crippen molar-refractivity contribution in [2.24, 2.45) is 0 Å². The number of carbonyl (C=O) groups excluding carboxylic acids is 1. The number of hydrogen-bond donors (Lipinski definition) is 0. The summed E-state index contributed by atoms with van der Waals surface area (Å²) in [6, 6.07) is 7.89. The average molecular weight is 332 g/mol. The second-order valence-electron chi connectivity index (χ2n) is 7.07. The molecule has 1 fully saturated rings. The minimum absolute atomic E-state index is 0.101. The monoisotopic (exact) mass is 331 g/mol. The molecule has 0 spiro atoms. The van der Waals surface area contributed by atoms with Crippen LogP contribution >= 0.6 is 0 Å². The highest BCUT2D eigenvalue weighted by Gasteiger charge is 2.33. The van der Waals surface area contributed by atoms with Crippen molar-refractivity contribution < 1.29 is 9.53 Å². The Balaban J connectivity index is 1.73. The van der Waals surface area contributed by atoms with E-state index in [1.54, 1.807) is 0 Å². The van der Waals surface area contributed by atoms with Crippen LogP contribution in [0, 0.1) is 6.92 Å². The van der Waals surface area contributed by atoms with E-state index in [-0.39, 0.29) is 11.4 Å². The van der Waals surface area contributed by atoms with Crippen molar-refractivity contribution in [3.05, 3.63) is 35.4 Å². The molecule has 0 bridgehead atoms. The highest BCUT2D eigenvalue weighted by Crippen LogP contribution is 2.30.